The Kier molecular flexibility index (Phi) is 5.74. The van der Waals surface area contributed by atoms with Crippen LogP contribution in [0.4, 0.5) is 4.39 Å². The fraction of sp³-hybridized carbons (Fsp3) is 0.500. The first-order valence-electron chi connectivity index (χ1n) is 5.41. The molecule has 1 aromatic rings. The molecule has 0 aliphatic heterocycles. The second kappa shape index (κ2) is 6.84. The zero-order valence-corrected chi connectivity index (χ0v) is 10.5. The second-order valence-corrected chi connectivity index (χ2v) is 4.29. The Morgan fingerprint density at radius 1 is 1.44 bits per heavy atom. The first-order valence-corrected chi connectivity index (χ1v) is 5.79. The monoisotopic (exact) mass is 244 g/mol. The van der Waals surface area contributed by atoms with E-state index in [1.807, 2.05) is 20.2 Å². The van der Waals surface area contributed by atoms with Crippen LogP contribution in [-0.2, 0) is 6.54 Å². The molecule has 0 radical (unpaired) electrons. The smallest absolute Gasteiger partial charge is 0.142 e. The molecule has 90 valence electrons. The molecule has 0 amide bonds. The van der Waals surface area contributed by atoms with Crippen LogP contribution in [0.5, 0.6) is 0 Å². The second-order valence-electron chi connectivity index (χ2n) is 3.91. The van der Waals surface area contributed by atoms with Gasteiger partial charge < -0.3 is 10.2 Å². The molecule has 0 saturated carbocycles. The molecular weight excluding hydrogens is 227 g/mol. The summed E-state index contributed by atoms with van der Waals surface area (Å²) in [6, 6.07) is 4.94. The Hall–Kier alpha value is -0.640. The third kappa shape index (κ3) is 4.08. The van der Waals surface area contributed by atoms with E-state index < -0.39 is 0 Å². The minimum absolute atomic E-state index is 0.239. The highest BCUT2D eigenvalue weighted by atomic mass is 35.5. The minimum atomic E-state index is -0.345. The van der Waals surface area contributed by atoms with Crippen molar-refractivity contribution in [3.63, 3.8) is 0 Å². The van der Waals surface area contributed by atoms with Gasteiger partial charge in [-0.3, -0.25) is 0 Å². The van der Waals surface area contributed by atoms with Crippen molar-refractivity contribution >= 4 is 11.6 Å². The Morgan fingerprint density at radius 2 is 2.19 bits per heavy atom. The van der Waals surface area contributed by atoms with E-state index in [1.54, 1.807) is 6.07 Å². The Bertz CT molecular complexity index is 331. The molecule has 0 unspecified atom stereocenters. The largest absolute Gasteiger partial charge is 0.320 e. The van der Waals surface area contributed by atoms with Gasteiger partial charge in [-0.25, -0.2) is 4.39 Å². The number of hydrogen-bond acceptors (Lipinski definition) is 2. The van der Waals surface area contributed by atoms with Gasteiger partial charge in [0.15, 0.2) is 0 Å². The van der Waals surface area contributed by atoms with Gasteiger partial charge in [-0.2, -0.15) is 0 Å². The summed E-state index contributed by atoms with van der Waals surface area (Å²) in [4.78, 5) is 2.14. The van der Waals surface area contributed by atoms with E-state index in [9.17, 15) is 4.39 Å². The summed E-state index contributed by atoms with van der Waals surface area (Å²) in [5.41, 5.74) is 0.841. The highest BCUT2D eigenvalue weighted by Gasteiger charge is 2.07. The zero-order valence-electron chi connectivity index (χ0n) is 9.76. The molecule has 1 rings (SSSR count). The summed E-state index contributed by atoms with van der Waals surface area (Å²) < 4.78 is 13.2. The fourth-order valence-corrected chi connectivity index (χ4v) is 1.75. The lowest BCUT2D eigenvalue weighted by molar-refractivity contribution is 0.320. The van der Waals surface area contributed by atoms with Crippen molar-refractivity contribution in [2.24, 2.45) is 0 Å². The fourth-order valence-electron chi connectivity index (χ4n) is 1.57. The van der Waals surface area contributed by atoms with Gasteiger partial charge in [0, 0.05) is 6.54 Å². The lowest BCUT2D eigenvalue weighted by atomic mass is 10.2. The summed E-state index contributed by atoms with van der Waals surface area (Å²) >= 11 is 5.88. The Labute approximate surface area is 101 Å². The lowest BCUT2D eigenvalue weighted by Crippen LogP contribution is -2.22. The molecule has 16 heavy (non-hydrogen) atoms. The van der Waals surface area contributed by atoms with E-state index in [0.29, 0.717) is 6.54 Å². The molecule has 0 fully saturated rings. The van der Waals surface area contributed by atoms with Crippen LogP contribution in [0.15, 0.2) is 18.2 Å². The maximum Gasteiger partial charge on any atom is 0.142 e. The topological polar surface area (TPSA) is 15.3 Å². The summed E-state index contributed by atoms with van der Waals surface area (Å²) in [5.74, 6) is -0.345. The molecular formula is C12H18ClFN2. The first-order chi connectivity index (χ1) is 7.65. The predicted octanol–water partition coefficient (Wildman–Crippen LogP) is 2.52. The molecule has 1 N–H and O–H groups in total. The van der Waals surface area contributed by atoms with E-state index in [2.05, 4.69) is 10.2 Å². The standard InChI is InChI=1S/C12H18ClFN2/c1-15-7-4-8-16(2)9-10-5-3-6-11(14)12(10)13/h3,5-6,15H,4,7-9H2,1-2H3. The Balaban J connectivity index is 2.49. The molecule has 0 aliphatic rings. The number of nitrogens with zero attached hydrogens (tertiary/aromatic N) is 1. The van der Waals surface area contributed by atoms with Gasteiger partial charge >= 0.3 is 0 Å². The van der Waals surface area contributed by atoms with Crippen molar-refractivity contribution in [2.75, 3.05) is 27.2 Å². The molecule has 0 aromatic heterocycles. The van der Waals surface area contributed by atoms with E-state index in [1.165, 1.54) is 6.07 Å². The van der Waals surface area contributed by atoms with E-state index in [4.69, 9.17) is 11.6 Å². The quantitative estimate of drug-likeness (QED) is 0.774. The van der Waals surface area contributed by atoms with Crippen LogP contribution in [0.25, 0.3) is 0 Å². The van der Waals surface area contributed by atoms with Crippen molar-refractivity contribution in [2.45, 2.75) is 13.0 Å². The summed E-state index contributed by atoms with van der Waals surface area (Å²) in [5, 5.41) is 3.33. The highest BCUT2D eigenvalue weighted by Crippen LogP contribution is 2.20. The van der Waals surface area contributed by atoms with Gasteiger partial charge in [0.2, 0.25) is 0 Å². The summed E-state index contributed by atoms with van der Waals surface area (Å²) in [7, 11) is 3.94. The van der Waals surface area contributed by atoms with Crippen LogP contribution < -0.4 is 5.32 Å². The molecule has 0 spiro atoms. The van der Waals surface area contributed by atoms with Gasteiger partial charge in [0.25, 0.3) is 0 Å². The van der Waals surface area contributed by atoms with Crippen LogP contribution >= 0.6 is 11.6 Å². The normalized spacial score (nSPS) is 11.1. The van der Waals surface area contributed by atoms with Crippen molar-refractivity contribution in [1.29, 1.82) is 0 Å². The number of rotatable bonds is 6. The summed E-state index contributed by atoms with van der Waals surface area (Å²) in [6.07, 6.45) is 1.07. The number of halogens is 2. The third-order valence-corrected chi connectivity index (χ3v) is 2.86. The van der Waals surface area contributed by atoms with Crippen LogP contribution in [0.2, 0.25) is 5.02 Å². The first kappa shape index (κ1) is 13.4. The van der Waals surface area contributed by atoms with Crippen molar-refractivity contribution in [3.8, 4) is 0 Å². The number of benzene rings is 1. The number of hydrogen-bond donors (Lipinski definition) is 1. The van der Waals surface area contributed by atoms with Crippen LogP contribution in [0.3, 0.4) is 0 Å². The predicted molar refractivity (Wildman–Crippen MR) is 66.3 cm³/mol. The lowest BCUT2D eigenvalue weighted by Gasteiger charge is -2.17. The maximum absolute atomic E-state index is 13.2. The average Bonchev–Trinajstić information content (AvgIpc) is 2.25. The van der Waals surface area contributed by atoms with E-state index >= 15 is 0 Å². The molecule has 0 bridgehead atoms. The minimum Gasteiger partial charge on any atom is -0.320 e. The SMILES string of the molecule is CNCCCN(C)Cc1cccc(F)c1Cl. The third-order valence-electron chi connectivity index (χ3n) is 2.44. The molecule has 2 nitrogen and oxygen atoms in total. The Morgan fingerprint density at radius 3 is 2.88 bits per heavy atom. The molecule has 0 heterocycles. The van der Waals surface area contributed by atoms with Crippen LogP contribution in [0, 0.1) is 5.82 Å². The van der Waals surface area contributed by atoms with Gasteiger partial charge in [0.1, 0.15) is 5.82 Å². The molecule has 0 saturated heterocycles. The maximum atomic E-state index is 13.2. The van der Waals surface area contributed by atoms with Gasteiger partial charge in [-0.05, 0) is 45.2 Å². The van der Waals surface area contributed by atoms with Gasteiger partial charge in [-0.15, -0.1) is 0 Å². The molecule has 4 heteroatoms. The van der Waals surface area contributed by atoms with Crippen LogP contribution in [0.1, 0.15) is 12.0 Å². The molecule has 0 atom stereocenters. The average molecular weight is 245 g/mol. The zero-order chi connectivity index (χ0) is 12.0. The molecule has 1 aromatic carbocycles. The van der Waals surface area contributed by atoms with Crippen molar-refractivity contribution < 1.29 is 4.39 Å². The van der Waals surface area contributed by atoms with Crippen molar-refractivity contribution in [1.82, 2.24) is 10.2 Å². The van der Waals surface area contributed by atoms with Gasteiger partial charge in [0.05, 0.1) is 5.02 Å². The van der Waals surface area contributed by atoms with E-state index in [0.717, 1.165) is 25.1 Å². The van der Waals surface area contributed by atoms with Crippen molar-refractivity contribution in [3.05, 3.63) is 34.6 Å². The highest BCUT2D eigenvalue weighted by molar-refractivity contribution is 6.31. The summed E-state index contributed by atoms with van der Waals surface area (Å²) in [6.45, 7) is 2.63. The van der Waals surface area contributed by atoms with Gasteiger partial charge in [-0.1, -0.05) is 23.7 Å². The van der Waals surface area contributed by atoms with E-state index in [-0.39, 0.29) is 10.8 Å². The molecule has 0 aliphatic carbocycles. The van der Waals surface area contributed by atoms with Crippen LogP contribution in [-0.4, -0.2) is 32.1 Å². The number of nitrogens with one attached hydrogen (secondary N) is 1.